The summed E-state index contributed by atoms with van der Waals surface area (Å²) in [5.41, 5.74) is 0.894. The van der Waals surface area contributed by atoms with E-state index in [0.29, 0.717) is 27.2 Å². The fourth-order valence-corrected chi connectivity index (χ4v) is 3.30. The van der Waals surface area contributed by atoms with Gasteiger partial charge in [-0.3, -0.25) is 19.7 Å². The van der Waals surface area contributed by atoms with Crippen LogP contribution in [-0.4, -0.2) is 21.8 Å². The number of pyridine rings is 1. The van der Waals surface area contributed by atoms with E-state index in [4.69, 9.17) is 32.7 Å². The van der Waals surface area contributed by atoms with Gasteiger partial charge in [-0.1, -0.05) is 35.3 Å². The number of nitro benzene ring substituents is 1. The van der Waals surface area contributed by atoms with Gasteiger partial charge in [-0.05, 0) is 35.9 Å². The van der Waals surface area contributed by atoms with Crippen LogP contribution in [-0.2, 0) is 9.59 Å². The van der Waals surface area contributed by atoms with Crippen LogP contribution < -0.4 is 9.47 Å². The van der Waals surface area contributed by atoms with E-state index >= 15 is 0 Å². The van der Waals surface area contributed by atoms with Crippen LogP contribution in [0.25, 0.3) is 23.1 Å². The Kier molecular flexibility index (Phi) is 6.53. The Morgan fingerprint density at radius 2 is 1.71 bits per heavy atom. The molecule has 0 bridgehead atoms. The van der Waals surface area contributed by atoms with Gasteiger partial charge in [-0.25, -0.2) is 4.98 Å². The van der Waals surface area contributed by atoms with Crippen LogP contribution in [0.1, 0.15) is 25.1 Å². The molecular formula is C21H14Cl2N2O6. The van der Waals surface area contributed by atoms with Crippen molar-refractivity contribution < 1.29 is 24.0 Å². The van der Waals surface area contributed by atoms with E-state index in [-0.39, 0.29) is 22.2 Å². The molecule has 0 aliphatic carbocycles. The van der Waals surface area contributed by atoms with Crippen LogP contribution in [0.4, 0.5) is 5.69 Å². The summed E-state index contributed by atoms with van der Waals surface area (Å²) in [4.78, 5) is 37.6. The summed E-state index contributed by atoms with van der Waals surface area (Å²) in [6.45, 7) is 2.40. The number of benzene rings is 2. The molecule has 0 saturated carbocycles. The fourth-order valence-electron chi connectivity index (χ4n) is 2.74. The Bertz CT molecular complexity index is 1260. The van der Waals surface area contributed by atoms with Crippen molar-refractivity contribution in [2.24, 2.45) is 0 Å². The number of halogens is 2. The second-order valence-electron chi connectivity index (χ2n) is 6.31. The minimum Gasteiger partial charge on any atom is -0.423 e. The lowest BCUT2D eigenvalue weighted by molar-refractivity contribution is -0.385. The molecule has 0 radical (unpaired) electrons. The van der Waals surface area contributed by atoms with Gasteiger partial charge in [0.05, 0.1) is 20.7 Å². The Hall–Kier alpha value is -3.49. The molecule has 3 aromatic rings. The zero-order chi connectivity index (χ0) is 22.7. The number of aromatic nitrogens is 1. The van der Waals surface area contributed by atoms with E-state index in [1.165, 1.54) is 25.1 Å². The van der Waals surface area contributed by atoms with Crippen molar-refractivity contribution in [3.05, 3.63) is 67.8 Å². The smallest absolute Gasteiger partial charge is 0.312 e. The number of nitrogens with zero attached hydrogens (tertiary/aromatic N) is 2. The van der Waals surface area contributed by atoms with E-state index in [9.17, 15) is 19.7 Å². The zero-order valence-electron chi connectivity index (χ0n) is 16.2. The molecule has 0 spiro atoms. The van der Waals surface area contributed by atoms with Gasteiger partial charge in [0.1, 0.15) is 5.52 Å². The molecule has 3 rings (SSSR count). The summed E-state index contributed by atoms with van der Waals surface area (Å²) in [5, 5.41) is 12.3. The lowest BCUT2D eigenvalue weighted by Crippen LogP contribution is -2.04. The monoisotopic (exact) mass is 460 g/mol. The Balaban J connectivity index is 2.01. The van der Waals surface area contributed by atoms with Crippen LogP contribution in [0.5, 0.6) is 11.5 Å². The van der Waals surface area contributed by atoms with Crippen molar-refractivity contribution in [1.29, 1.82) is 0 Å². The second kappa shape index (κ2) is 9.11. The first kappa shape index (κ1) is 22.2. The highest BCUT2D eigenvalue weighted by Gasteiger charge is 2.17. The maximum atomic E-state index is 11.4. The third kappa shape index (κ3) is 5.17. The van der Waals surface area contributed by atoms with Gasteiger partial charge >= 0.3 is 17.6 Å². The first-order valence-corrected chi connectivity index (χ1v) is 9.53. The third-order valence-corrected chi connectivity index (χ3v) is 4.58. The van der Waals surface area contributed by atoms with E-state index in [1.807, 2.05) is 0 Å². The summed E-state index contributed by atoms with van der Waals surface area (Å²) >= 11 is 12.4. The van der Waals surface area contributed by atoms with Gasteiger partial charge in [0.15, 0.2) is 5.75 Å². The zero-order valence-corrected chi connectivity index (χ0v) is 17.7. The van der Waals surface area contributed by atoms with E-state index in [1.54, 1.807) is 30.4 Å². The summed E-state index contributed by atoms with van der Waals surface area (Å²) in [6.07, 6.45) is 3.20. The van der Waals surface area contributed by atoms with Gasteiger partial charge in [-0.15, -0.1) is 0 Å². The summed E-state index contributed by atoms with van der Waals surface area (Å²) in [6, 6.07) is 9.00. The average Bonchev–Trinajstić information content (AvgIpc) is 2.69. The lowest BCUT2D eigenvalue weighted by atomic mass is 10.1. The molecule has 31 heavy (non-hydrogen) atoms. The highest BCUT2D eigenvalue weighted by Crippen LogP contribution is 2.37. The van der Waals surface area contributed by atoms with Crippen molar-refractivity contribution >= 4 is 63.9 Å². The molecule has 0 N–H and O–H groups in total. The average molecular weight is 461 g/mol. The molecule has 0 unspecified atom stereocenters. The molecule has 0 aliphatic heterocycles. The molecule has 1 aromatic heterocycles. The minimum atomic E-state index is -0.660. The number of fused-ring (bicyclic) bond motifs is 1. The predicted molar refractivity (Wildman–Crippen MR) is 116 cm³/mol. The number of hydrogen-bond donors (Lipinski definition) is 0. The molecule has 158 valence electrons. The van der Waals surface area contributed by atoms with E-state index in [2.05, 4.69) is 4.98 Å². The van der Waals surface area contributed by atoms with Gasteiger partial charge in [0, 0.05) is 25.3 Å². The molecule has 10 heteroatoms. The Labute approximate surface area is 186 Å². The van der Waals surface area contributed by atoms with Gasteiger partial charge in [-0.2, -0.15) is 0 Å². The number of ether oxygens (including phenoxy) is 2. The van der Waals surface area contributed by atoms with Crippen LogP contribution >= 0.6 is 23.2 Å². The topological polar surface area (TPSA) is 109 Å². The number of rotatable bonds is 5. The van der Waals surface area contributed by atoms with Gasteiger partial charge < -0.3 is 9.47 Å². The van der Waals surface area contributed by atoms with Crippen molar-refractivity contribution in [3.8, 4) is 11.5 Å². The van der Waals surface area contributed by atoms with Crippen LogP contribution in [0, 0.1) is 10.1 Å². The van der Waals surface area contributed by atoms with Crippen LogP contribution in [0.15, 0.2) is 36.4 Å². The first-order chi connectivity index (χ1) is 14.7. The SMILES string of the molecule is CC(=O)Oc1ccc(/C=C/c2ccc3c(Cl)cc(Cl)c(OC(C)=O)c3n2)cc1[N+](=O)[O-]. The maximum absolute atomic E-state index is 11.4. The summed E-state index contributed by atoms with van der Waals surface area (Å²) in [5.74, 6) is -1.28. The van der Waals surface area contributed by atoms with E-state index < -0.39 is 16.9 Å². The predicted octanol–water partition coefficient (Wildman–Crippen LogP) is 5.47. The molecule has 0 amide bonds. The van der Waals surface area contributed by atoms with Crippen molar-refractivity contribution in [2.75, 3.05) is 0 Å². The van der Waals surface area contributed by atoms with Gasteiger partial charge in [0.2, 0.25) is 5.75 Å². The third-order valence-electron chi connectivity index (χ3n) is 3.99. The lowest BCUT2D eigenvalue weighted by Gasteiger charge is -2.10. The number of esters is 2. The Morgan fingerprint density at radius 1 is 1.00 bits per heavy atom. The largest absolute Gasteiger partial charge is 0.423 e. The second-order valence-corrected chi connectivity index (χ2v) is 7.12. The van der Waals surface area contributed by atoms with Crippen molar-refractivity contribution in [1.82, 2.24) is 4.98 Å². The van der Waals surface area contributed by atoms with Crippen molar-refractivity contribution in [3.63, 3.8) is 0 Å². The standard InChI is InChI=1S/C21H14Cl2N2O6/c1-11(26)30-19-8-4-13(9-18(19)25(28)29)3-5-14-6-7-15-16(22)10-17(23)21(20(15)24-14)31-12(2)27/h3-10H,1-2H3/b5-3+. The van der Waals surface area contributed by atoms with E-state index in [0.717, 1.165) is 6.92 Å². The molecule has 2 aromatic carbocycles. The number of carbonyl (C=O) groups excluding carboxylic acids is 2. The first-order valence-electron chi connectivity index (χ1n) is 8.78. The summed E-state index contributed by atoms with van der Waals surface area (Å²) < 4.78 is 10.0. The Morgan fingerprint density at radius 3 is 2.35 bits per heavy atom. The highest BCUT2D eigenvalue weighted by molar-refractivity contribution is 6.39. The minimum absolute atomic E-state index is 0.0881. The highest BCUT2D eigenvalue weighted by atomic mass is 35.5. The summed E-state index contributed by atoms with van der Waals surface area (Å²) in [7, 11) is 0. The number of nitro groups is 1. The molecule has 0 aliphatic rings. The molecule has 8 nitrogen and oxygen atoms in total. The van der Waals surface area contributed by atoms with Crippen LogP contribution in [0.2, 0.25) is 10.0 Å². The van der Waals surface area contributed by atoms with Crippen molar-refractivity contribution in [2.45, 2.75) is 13.8 Å². The normalized spacial score (nSPS) is 11.0. The molecule has 0 fully saturated rings. The maximum Gasteiger partial charge on any atom is 0.312 e. The van der Waals surface area contributed by atoms with Gasteiger partial charge in [0.25, 0.3) is 0 Å². The fraction of sp³-hybridized carbons (Fsp3) is 0.0952. The molecule has 0 atom stereocenters. The molecule has 0 saturated heterocycles. The molecule has 1 heterocycles. The van der Waals surface area contributed by atoms with Crippen LogP contribution in [0.3, 0.4) is 0 Å². The quantitative estimate of drug-likeness (QED) is 0.215. The number of carbonyl (C=O) groups is 2. The number of hydrogen-bond acceptors (Lipinski definition) is 7. The molecular weight excluding hydrogens is 447 g/mol.